The van der Waals surface area contributed by atoms with Gasteiger partial charge in [0.2, 0.25) is 0 Å². The van der Waals surface area contributed by atoms with Gasteiger partial charge in [-0.15, -0.1) is 0 Å². The number of nitrogens with one attached hydrogen (secondary N) is 1. The van der Waals surface area contributed by atoms with E-state index in [0.29, 0.717) is 18.3 Å². The molecule has 6 heteroatoms. The number of furan rings is 1. The van der Waals surface area contributed by atoms with Crippen LogP contribution in [0.2, 0.25) is 0 Å². The van der Waals surface area contributed by atoms with Crippen LogP contribution in [0.3, 0.4) is 0 Å². The van der Waals surface area contributed by atoms with Crippen molar-refractivity contribution in [2.75, 3.05) is 5.32 Å². The van der Waals surface area contributed by atoms with Crippen molar-refractivity contribution in [3.63, 3.8) is 0 Å². The number of hydrogen-bond acceptors (Lipinski definition) is 4. The molecule has 1 aromatic carbocycles. The molecular weight excluding hydrogens is 342 g/mol. The normalized spacial score (nSPS) is 12.2. The summed E-state index contributed by atoms with van der Waals surface area (Å²) in [5.41, 5.74) is 2.18. The molecular formula is C21H25N3O3. The van der Waals surface area contributed by atoms with Crippen molar-refractivity contribution in [1.82, 2.24) is 9.78 Å². The van der Waals surface area contributed by atoms with Gasteiger partial charge in [0.15, 0.2) is 6.10 Å². The molecule has 1 amide bonds. The number of nitrogens with zero attached hydrogens (tertiary/aromatic N) is 2. The highest BCUT2D eigenvalue weighted by Gasteiger charge is 2.19. The van der Waals surface area contributed by atoms with Gasteiger partial charge in [0, 0.05) is 6.07 Å². The van der Waals surface area contributed by atoms with Crippen LogP contribution in [0.4, 0.5) is 5.82 Å². The van der Waals surface area contributed by atoms with Crippen molar-refractivity contribution in [3.8, 4) is 5.75 Å². The lowest BCUT2D eigenvalue weighted by molar-refractivity contribution is -0.122. The standard InChI is InChI=1S/C21H25N3O3/c1-14(2)18-8-7-15(3)12-19(18)27-16(4)21(25)23-20-9-10-22-24(20)13-17-6-5-11-26-17/h5-12,14,16H,13H2,1-4H3,(H,23,25)/t16-/m1/s1. The molecule has 0 aliphatic heterocycles. The number of carbonyl (C=O) groups excluding carboxylic acids is 1. The summed E-state index contributed by atoms with van der Waals surface area (Å²) in [4.78, 5) is 12.6. The van der Waals surface area contributed by atoms with E-state index in [1.54, 1.807) is 30.1 Å². The van der Waals surface area contributed by atoms with Gasteiger partial charge < -0.3 is 14.5 Å². The molecule has 0 aliphatic rings. The summed E-state index contributed by atoms with van der Waals surface area (Å²) in [6.45, 7) is 8.41. The van der Waals surface area contributed by atoms with Crippen LogP contribution >= 0.6 is 0 Å². The van der Waals surface area contributed by atoms with E-state index in [9.17, 15) is 4.79 Å². The van der Waals surface area contributed by atoms with Gasteiger partial charge in [0.05, 0.1) is 12.5 Å². The Bertz CT molecular complexity index is 897. The van der Waals surface area contributed by atoms with Crippen molar-refractivity contribution < 1.29 is 13.9 Å². The highest BCUT2D eigenvalue weighted by Crippen LogP contribution is 2.28. The van der Waals surface area contributed by atoms with Crippen LogP contribution in [-0.4, -0.2) is 21.8 Å². The molecule has 0 spiro atoms. The zero-order chi connectivity index (χ0) is 19.4. The van der Waals surface area contributed by atoms with E-state index in [1.807, 2.05) is 25.1 Å². The van der Waals surface area contributed by atoms with Gasteiger partial charge in [-0.1, -0.05) is 26.0 Å². The van der Waals surface area contributed by atoms with Crippen LogP contribution in [0.15, 0.2) is 53.3 Å². The number of benzene rings is 1. The molecule has 1 atom stereocenters. The smallest absolute Gasteiger partial charge is 0.266 e. The molecule has 0 radical (unpaired) electrons. The maximum absolute atomic E-state index is 12.6. The number of ether oxygens (including phenoxy) is 1. The van der Waals surface area contributed by atoms with E-state index < -0.39 is 6.10 Å². The zero-order valence-corrected chi connectivity index (χ0v) is 16.1. The molecule has 3 rings (SSSR count). The summed E-state index contributed by atoms with van der Waals surface area (Å²) in [6, 6.07) is 11.5. The monoisotopic (exact) mass is 367 g/mol. The first-order valence-electron chi connectivity index (χ1n) is 9.06. The number of aromatic nitrogens is 2. The molecule has 142 valence electrons. The zero-order valence-electron chi connectivity index (χ0n) is 16.1. The SMILES string of the molecule is Cc1ccc(C(C)C)c(O[C@H](C)C(=O)Nc2ccnn2Cc2ccco2)c1. The van der Waals surface area contributed by atoms with Crippen LogP contribution in [0.25, 0.3) is 0 Å². The molecule has 27 heavy (non-hydrogen) atoms. The number of carbonyl (C=O) groups is 1. The maximum Gasteiger partial charge on any atom is 0.266 e. The molecule has 0 bridgehead atoms. The molecule has 3 aromatic rings. The van der Waals surface area contributed by atoms with Crippen molar-refractivity contribution in [2.24, 2.45) is 0 Å². The van der Waals surface area contributed by atoms with Gasteiger partial charge in [-0.3, -0.25) is 4.79 Å². The summed E-state index contributed by atoms with van der Waals surface area (Å²) in [6.07, 6.45) is 2.61. The minimum absolute atomic E-state index is 0.229. The Morgan fingerprint density at radius 1 is 1.26 bits per heavy atom. The molecule has 2 aromatic heterocycles. The molecule has 0 fully saturated rings. The first kappa shape index (κ1) is 18.8. The van der Waals surface area contributed by atoms with E-state index in [1.165, 1.54) is 0 Å². The molecule has 0 aliphatic carbocycles. The van der Waals surface area contributed by atoms with E-state index >= 15 is 0 Å². The highest BCUT2D eigenvalue weighted by atomic mass is 16.5. The van der Waals surface area contributed by atoms with E-state index in [4.69, 9.17) is 9.15 Å². The summed E-state index contributed by atoms with van der Waals surface area (Å²) in [5, 5.41) is 7.12. The van der Waals surface area contributed by atoms with Crippen molar-refractivity contribution in [3.05, 3.63) is 65.7 Å². The predicted molar refractivity (Wildman–Crippen MR) is 104 cm³/mol. The molecule has 0 unspecified atom stereocenters. The fourth-order valence-electron chi connectivity index (χ4n) is 2.81. The van der Waals surface area contributed by atoms with Crippen LogP contribution in [-0.2, 0) is 11.3 Å². The van der Waals surface area contributed by atoms with Gasteiger partial charge in [-0.05, 0) is 49.1 Å². The Balaban J connectivity index is 1.69. The topological polar surface area (TPSA) is 69.3 Å². The predicted octanol–water partition coefficient (Wildman–Crippen LogP) is 4.36. The second-order valence-electron chi connectivity index (χ2n) is 6.90. The number of amides is 1. The third kappa shape index (κ3) is 4.58. The number of anilines is 1. The average molecular weight is 367 g/mol. The molecule has 1 N–H and O–H groups in total. The molecule has 0 saturated heterocycles. The Labute approximate surface area is 159 Å². The summed E-state index contributed by atoms with van der Waals surface area (Å²) in [5.74, 6) is 2.19. The van der Waals surface area contributed by atoms with E-state index in [2.05, 4.69) is 36.4 Å². The van der Waals surface area contributed by atoms with Gasteiger partial charge in [0.1, 0.15) is 23.9 Å². The van der Waals surface area contributed by atoms with Crippen LogP contribution < -0.4 is 10.1 Å². The maximum atomic E-state index is 12.6. The van der Waals surface area contributed by atoms with Gasteiger partial charge >= 0.3 is 0 Å². The third-order valence-electron chi connectivity index (χ3n) is 4.32. The molecule has 6 nitrogen and oxygen atoms in total. The first-order valence-corrected chi connectivity index (χ1v) is 9.06. The van der Waals surface area contributed by atoms with Crippen LogP contribution in [0.5, 0.6) is 5.75 Å². The van der Waals surface area contributed by atoms with Gasteiger partial charge in [-0.2, -0.15) is 5.10 Å². The number of aryl methyl sites for hydroxylation is 1. The highest BCUT2D eigenvalue weighted by molar-refractivity contribution is 5.93. The second kappa shape index (κ2) is 8.12. The van der Waals surface area contributed by atoms with Gasteiger partial charge in [0.25, 0.3) is 5.91 Å². The Morgan fingerprint density at radius 2 is 2.07 bits per heavy atom. The fourth-order valence-corrected chi connectivity index (χ4v) is 2.81. The lowest BCUT2D eigenvalue weighted by Crippen LogP contribution is -2.31. The van der Waals surface area contributed by atoms with E-state index in [-0.39, 0.29) is 5.91 Å². The van der Waals surface area contributed by atoms with Crippen LogP contribution in [0, 0.1) is 6.92 Å². The minimum Gasteiger partial charge on any atom is -0.481 e. The quantitative estimate of drug-likeness (QED) is 0.673. The lowest BCUT2D eigenvalue weighted by atomic mass is 10.0. The largest absolute Gasteiger partial charge is 0.481 e. The second-order valence-corrected chi connectivity index (χ2v) is 6.90. The summed E-state index contributed by atoms with van der Waals surface area (Å²) >= 11 is 0. The van der Waals surface area contributed by atoms with Crippen LogP contribution in [0.1, 0.15) is 43.6 Å². The van der Waals surface area contributed by atoms with E-state index in [0.717, 1.165) is 22.6 Å². The number of rotatable bonds is 7. The van der Waals surface area contributed by atoms with Gasteiger partial charge in [-0.25, -0.2) is 4.68 Å². The van der Waals surface area contributed by atoms with Crippen molar-refractivity contribution in [2.45, 2.75) is 46.3 Å². The number of hydrogen-bond donors (Lipinski definition) is 1. The molecule has 0 saturated carbocycles. The Morgan fingerprint density at radius 3 is 2.78 bits per heavy atom. The van der Waals surface area contributed by atoms with Crippen molar-refractivity contribution >= 4 is 11.7 Å². The Kier molecular flexibility index (Phi) is 5.64. The fraction of sp³-hybridized carbons (Fsp3) is 0.333. The average Bonchev–Trinajstić information content (AvgIpc) is 3.27. The first-order chi connectivity index (χ1) is 12.9. The summed E-state index contributed by atoms with van der Waals surface area (Å²) in [7, 11) is 0. The third-order valence-corrected chi connectivity index (χ3v) is 4.32. The summed E-state index contributed by atoms with van der Waals surface area (Å²) < 4.78 is 13.0. The molecule has 2 heterocycles. The lowest BCUT2D eigenvalue weighted by Gasteiger charge is -2.19. The van der Waals surface area contributed by atoms with Crippen molar-refractivity contribution in [1.29, 1.82) is 0 Å². The minimum atomic E-state index is -0.642. The Hall–Kier alpha value is -3.02.